The predicted octanol–water partition coefficient (Wildman–Crippen LogP) is 1.82. The standard InChI is InChI=1S/C13H23N3O2/c1-9-8-12(11(3)18-9)10(2)14-6-7-15-13(17)16(4)5/h8,10,14H,6-7H2,1-5H3,(H,15,17). The zero-order valence-electron chi connectivity index (χ0n) is 11.8. The van der Waals surface area contributed by atoms with Gasteiger partial charge in [-0.1, -0.05) is 0 Å². The molecule has 0 fully saturated rings. The van der Waals surface area contributed by atoms with E-state index in [1.165, 1.54) is 10.5 Å². The molecule has 0 radical (unpaired) electrons. The Bertz CT molecular complexity index is 399. The van der Waals surface area contributed by atoms with Gasteiger partial charge in [0.1, 0.15) is 11.5 Å². The van der Waals surface area contributed by atoms with Crippen molar-refractivity contribution >= 4 is 6.03 Å². The maximum atomic E-state index is 11.3. The van der Waals surface area contributed by atoms with Crippen molar-refractivity contribution in [1.29, 1.82) is 0 Å². The highest BCUT2D eigenvalue weighted by molar-refractivity contribution is 5.73. The number of urea groups is 1. The van der Waals surface area contributed by atoms with Crippen LogP contribution < -0.4 is 10.6 Å². The molecule has 1 atom stereocenters. The maximum absolute atomic E-state index is 11.3. The van der Waals surface area contributed by atoms with Crippen molar-refractivity contribution in [2.24, 2.45) is 0 Å². The van der Waals surface area contributed by atoms with Crippen LogP contribution in [0.3, 0.4) is 0 Å². The monoisotopic (exact) mass is 253 g/mol. The summed E-state index contributed by atoms with van der Waals surface area (Å²) in [6.45, 7) is 7.33. The van der Waals surface area contributed by atoms with E-state index in [9.17, 15) is 4.79 Å². The summed E-state index contributed by atoms with van der Waals surface area (Å²) in [5, 5.41) is 6.16. The molecule has 18 heavy (non-hydrogen) atoms. The van der Waals surface area contributed by atoms with Crippen LogP contribution >= 0.6 is 0 Å². The molecule has 5 heteroatoms. The minimum atomic E-state index is -0.0696. The predicted molar refractivity (Wildman–Crippen MR) is 71.7 cm³/mol. The Morgan fingerprint density at radius 2 is 2.06 bits per heavy atom. The molecule has 2 N–H and O–H groups in total. The summed E-state index contributed by atoms with van der Waals surface area (Å²) in [5.74, 6) is 1.88. The van der Waals surface area contributed by atoms with Crippen LogP contribution in [0.5, 0.6) is 0 Å². The van der Waals surface area contributed by atoms with Gasteiger partial charge in [0.2, 0.25) is 0 Å². The number of aryl methyl sites for hydroxylation is 2. The highest BCUT2D eigenvalue weighted by Gasteiger charge is 2.11. The van der Waals surface area contributed by atoms with Crippen LogP contribution in [-0.4, -0.2) is 38.1 Å². The molecule has 0 saturated carbocycles. The molecule has 2 amide bonds. The minimum absolute atomic E-state index is 0.0696. The number of nitrogens with one attached hydrogen (secondary N) is 2. The number of rotatable bonds is 5. The lowest BCUT2D eigenvalue weighted by Crippen LogP contribution is -2.38. The van der Waals surface area contributed by atoms with Gasteiger partial charge in [-0.15, -0.1) is 0 Å². The van der Waals surface area contributed by atoms with Crippen molar-refractivity contribution in [3.05, 3.63) is 23.2 Å². The minimum Gasteiger partial charge on any atom is -0.466 e. The lowest BCUT2D eigenvalue weighted by molar-refractivity contribution is 0.217. The van der Waals surface area contributed by atoms with Crippen LogP contribution in [0.2, 0.25) is 0 Å². The van der Waals surface area contributed by atoms with Gasteiger partial charge in [-0.05, 0) is 26.8 Å². The van der Waals surface area contributed by atoms with E-state index in [0.29, 0.717) is 6.54 Å². The second kappa shape index (κ2) is 6.44. The second-order valence-electron chi connectivity index (χ2n) is 4.67. The molecular formula is C13H23N3O2. The first-order valence-corrected chi connectivity index (χ1v) is 6.17. The van der Waals surface area contributed by atoms with Crippen LogP contribution in [0.1, 0.15) is 30.0 Å². The van der Waals surface area contributed by atoms with Gasteiger partial charge < -0.3 is 20.0 Å². The van der Waals surface area contributed by atoms with Gasteiger partial charge in [0.25, 0.3) is 0 Å². The average molecular weight is 253 g/mol. The van der Waals surface area contributed by atoms with Crippen LogP contribution in [0, 0.1) is 13.8 Å². The molecule has 5 nitrogen and oxygen atoms in total. The number of furan rings is 1. The van der Waals surface area contributed by atoms with Gasteiger partial charge in [-0.25, -0.2) is 4.79 Å². The van der Waals surface area contributed by atoms with Gasteiger partial charge in [0.05, 0.1) is 0 Å². The average Bonchev–Trinajstić information content (AvgIpc) is 2.63. The quantitative estimate of drug-likeness (QED) is 0.787. The third-order valence-electron chi connectivity index (χ3n) is 2.80. The first-order chi connectivity index (χ1) is 8.41. The Hall–Kier alpha value is -1.49. The largest absolute Gasteiger partial charge is 0.466 e. The first kappa shape index (κ1) is 14.6. The lowest BCUT2D eigenvalue weighted by atomic mass is 10.1. The zero-order valence-corrected chi connectivity index (χ0v) is 11.8. The Labute approximate surface area is 109 Å². The van der Waals surface area contributed by atoms with Crippen LogP contribution in [0.15, 0.2) is 10.5 Å². The molecule has 0 saturated heterocycles. The molecule has 1 aromatic heterocycles. The zero-order chi connectivity index (χ0) is 13.7. The third-order valence-corrected chi connectivity index (χ3v) is 2.80. The lowest BCUT2D eigenvalue weighted by Gasteiger charge is -2.15. The number of nitrogens with zero attached hydrogens (tertiary/aromatic N) is 1. The van der Waals surface area contributed by atoms with Gasteiger partial charge in [0.15, 0.2) is 0 Å². The highest BCUT2D eigenvalue weighted by atomic mass is 16.3. The summed E-state index contributed by atoms with van der Waals surface area (Å²) in [4.78, 5) is 12.8. The summed E-state index contributed by atoms with van der Waals surface area (Å²) >= 11 is 0. The number of amides is 2. The van der Waals surface area contributed by atoms with E-state index < -0.39 is 0 Å². The van der Waals surface area contributed by atoms with Gasteiger partial charge in [-0.3, -0.25) is 0 Å². The van der Waals surface area contributed by atoms with Gasteiger partial charge in [-0.2, -0.15) is 0 Å². The number of carbonyl (C=O) groups is 1. The summed E-state index contributed by atoms with van der Waals surface area (Å²) in [6, 6.07) is 2.20. The smallest absolute Gasteiger partial charge is 0.316 e. The van der Waals surface area contributed by atoms with E-state index in [2.05, 4.69) is 17.6 Å². The van der Waals surface area contributed by atoms with Crippen LogP contribution in [0.25, 0.3) is 0 Å². The molecule has 0 aliphatic heterocycles. The Morgan fingerprint density at radius 3 is 2.56 bits per heavy atom. The fourth-order valence-corrected chi connectivity index (χ4v) is 1.81. The van der Waals surface area contributed by atoms with Crippen LogP contribution in [0.4, 0.5) is 4.79 Å². The topological polar surface area (TPSA) is 57.5 Å². The number of hydrogen-bond donors (Lipinski definition) is 2. The summed E-state index contributed by atoms with van der Waals surface area (Å²) in [7, 11) is 3.45. The fraction of sp³-hybridized carbons (Fsp3) is 0.615. The summed E-state index contributed by atoms with van der Waals surface area (Å²) in [6.07, 6.45) is 0. The molecular weight excluding hydrogens is 230 g/mol. The molecule has 0 aliphatic carbocycles. The van der Waals surface area contributed by atoms with Crippen molar-refractivity contribution in [2.45, 2.75) is 26.8 Å². The Balaban J connectivity index is 2.32. The third kappa shape index (κ3) is 4.07. The molecule has 1 heterocycles. The van der Waals surface area contributed by atoms with E-state index >= 15 is 0 Å². The van der Waals surface area contributed by atoms with Crippen molar-refractivity contribution in [3.8, 4) is 0 Å². The molecule has 0 bridgehead atoms. The van der Waals surface area contributed by atoms with Crippen molar-refractivity contribution < 1.29 is 9.21 Å². The van der Waals surface area contributed by atoms with E-state index in [0.717, 1.165) is 18.1 Å². The fourth-order valence-electron chi connectivity index (χ4n) is 1.81. The summed E-state index contributed by atoms with van der Waals surface area (Å²) in [5.41, 5.74) is 1.17. The second-order valence-corrected chi connectivity index (χ2v) is 4.67. The maximum Gasteiger partial charge on any atom is 0.316 e. The van der Waals surface area contributed by atoms with E-state index in [1.807, 2.05) is 19.9 Å². The Kier molecular flexibility index (Phi) is 5.22. The van der Waals surface area contributed by atoms with Gasteiger partial charge in [0, 0.05) is 38.8 Å². The van der Waals surface area contributed by atoms with Crippen molar-refractivity contribution in [3.63, 3.8) is 0 Å². The molecule has 102 valence electrons. The van der Waals surface area contributed by atoms with E-state index in [1.54, 1.807) is 14.1 Å². The first-order valence-electron chi connectivity index (χ1n) is 6.17. The molecule has 1 rings (SSSR count). The van der Waals surface area contributed by atoms with E-state index in [-0.39, 0.29) is 12.1 Å². The van der Waals surface area contributed by atoms with Gasteiger partial charge >= 0.3 is 6.03 Å². The van der Waals surface area contributed by atoms with E-state index in [4.69, 9.17) is 4.42 Å². The number of carbonyl (C=O) groups excluding carboxylic acids is 1. The molecule has 1 aromatic rings. The highest BCUT2D eigenvalue weighted by Crippen LogP contribution is 2.20. The van der Waals surface area contributed by atoms with Crippen molar-refractivity contribution in [2.75, 3.05) is 27.2 Å². The molecule has 1 unspecified atom stereocenters. The normalized spacial score (nSPS) is 12.3. The molecule has 0 aromatic carbocycles. The number of hydrogen-bond acceptors (Lipinski definition) is 3. The van der Waals surface area contributed by atoms with Crippen molar-refractivity contribution in [1.82, 2.24) is 15.5 Å². The van der Waals surface area contributed by atoms with Crippen LogP contribution in [-0.2, 0) is 0 Å². The summed E-state index contributed by atoms with van der Waals surface area (Å²) < 4.78 is 5.50. The Morgan fingerprint density at radius 1 is 1.39 bits per heavy atom. The molecule has 0 aliphatic rings. The molecule has 0 spiro atoms. The SMILES string of the molecule is Cc1cc(C(C)NCCNC(=O)N(C)C)c(C)o1.